The third-order valence-corrected chi connectivity index (χ3v) is 1.92. The SMILES string of the molecule is CC(=O)OCC[N+]1(C)CC1.[Cl-]. The number of quaternary nitrogens is 1. The molecule has 0 unspecified atom stereocenters. The fraction of sp³-hybridized carbons (Fsp3) is 0.857. The lowest BCUT2D eigenvalue weighted by Gasteiger charge is -2.10. The van der Waals surface area contributed by atoms with Gasteiger partial charge in [-0.1, -0.05) is 0 Å². The Hall–Kier alpha value is -0.280. The summed E-state index contributed by atoms with van der Waals surface area (Å²) in [7, 11) is 2.17. The van der Waals surface area contributed by atoms with Gasteiger partial charge in [0.05, 0.1) is 7.05 Å². The highest BCUT2D eigenvalue weighted by Gasteiger charge is 2.36. The lowest BCUT2D eigenvalue weighted by atomic mass is 10.6. The van der Waals surface area contributed by atoms with Crippen molar-refractivity contribution in [3.8, 4) is 0 Å². The van der Waals surface area contributed by atoms with Crippen molar-refractivity contribution >= 4 is 5.97 Å². The molecule has 1 rings (SSSR count). The van der Waals surface area contributed by atoms with E-state index in [0.717, 1.165) is 11.0 Å². The van der Waals surface area contributed by atoms with Gasteiger partial charge in [0.1, 0.15) is 26.2 Å². The molecule has 0 N–H and O–H groups in total. The first kappa shape index (κ1) is 10.7. The van der Waals surface area contributed by atoms with Crippen LogP contribution in [0.2, 0.25) is 0 Å². The van der Waals surface area contributed by atoms with Crippen molar-refractivity contribution in [1.29, 1.82) is 0 Å². The molecule has 1 aliphatic rings. The predicted molar refractivity (Wildman–Crippen MR) is 37.4 cm³/mol. The number of likely N-dealkylation sites (N-methyl/N-ethyl adjacent to an activating group) is 1. The van der Waals surface area contributed by atoms with E-state index in [0.29, 0.717) is 6.61 Å². The predicted octanol–water partition coefficient (Wildman–Crippen LogP) is -2.99. The van der Waals surface area contributed by atoms with Crippen LogP contribution in [0.15, 0.2) is 0 Å². The van der Waals surface area contributed by atoms with E-state index in [2.05, 4.69) is 7.05 Å². The Morgan fingerprint density at radius 1 is 1.55 bits per heavy atom. The summed E-state index contributed by atoms with van der Waals surface area (Å²) in [6.45, 7) is 5.47. The first-order valence-corrected chi connectivity index (χ1v) is 3.59. The van der Waals surface area contributed by atoms with Crippen molar-refractivity contribution in [2.75, 3.05) is 33.3 Å². The first-order valence-electron chi connectivity index (χ1n) is 3.59. The van der Waals surface area contributed by atoms with Gasteiger partial charge in [-0.2, -0.15) is 0 Å². The first-order chi connectivity index (χ1) is 4.62. The topological polar surface area (TPSA) is 26.3 Å². The van der Waals surface area contributed by atoms with Gasteiger partial charge >= 0.3 is 5.97 Å². The van der Waals surface area contributed by atoms with E-state index in [1.54, 1.807) is 0 Å². The monoisotopic (exact) mass is 179 g/mol. The molecule has 0 atom stereocenters. The van der Waals surface area contributed by atoms with Gasteiger partial charge in [-0.05, 0) is 0 Å². The molecule has 1 saturated heterocycles. The van der Waals surface area contributed by atoms with E-state index >= 15 is 0 Å². The van der Waals surface area contributed by atoms with E-state index < -0.39 is 0 Å². The minimum absolute atomic E-state index is 0. The normalized spacial score (nSPS) is 18.4. The van der Waals surface area contributed by atoms with Crippen LogP contribution in [0, 0.1) is 0 Å². The zero-order chi connectivity index (χ0) is 7.61. The van der Waals surface area contributed by atoms with Crippen LogP contribution in [-0.4, -0.2) is 43.7 Å². The quantitative estimate of drug-likeness (QED) is 0.263. The van der Waals surface area contributed by atoms with Crippen LogP contribution in [0.25, 0.3) is 0 Å². The molecule has 0 aliphatic carbocycles. The molecule has 0 saturated carbocycles. The van der Waals surface area contributed by atoms with E-state index in [1.807, 2.05) is 0 Å². The average molecular weight is 180 g/mol. The molecular formula is C7H14ClNO2. The number of hydrogen-bond acceptors (Lipinski definition) is 2. The second kappa shape index (κ2) is 3.93. The highest BCUT2D eigenvalue weighted by atomic mass is 35.5. The summed E-state index contributed by atoms with van der Waals surface area (Å²) < 4.78 is 5.88. The van der Waals surface area contributed by atoms with Gasteiger partial charge < -0.3 is 21.6 Å². The fourth-order valence-electron chi connectivity index (χ4n) is 0.804. The van der Waals surface area contributed by atoms with E-state index in [9.17, 15) is 4.79 Å². The number of halogens is 1. The number of carbonyl (C=O) groups is 1. The number of nitrogens with zero attached hydrogens (tertiary/aromatic N) is 1. The molecule has 3 nitrogen and oxygen atoms in total. The summed E-state index contributed by atoms with van der Waals surface area (Å²) in [5.74, 6) is -0.173. The second-order valence-corrected chi connectivity index (χ2v) is 3.13. The molecule has 0 bridgehead atoms. The van der Waals surface area contributed by atoms with Gasteiger partial charge in [-0.25, -0.2) is 0 Å². The highest BCUT2D eigenvalue weighted by Crippen LogP contribution is 2.14. The van der Waals surface area contributed by atoms with Crippen LogP contribution in [-0.2, 0) is 9.53 Å². The number of hydrogen-bond donors (Lipinski definition) is 0. The van der Waals surface area contributed by atoms with Crippen molar-refractivity contribution in [2.24, 2.45) is 0 Å². The molecule has 1 heterocycles. The Labute approximate surface area is 73.3 Å². The molecule has 1 fully saturated rings. The summed E-state index contributed by atoms with van der Waals surface area (Å²) in [4.78, 5) is 10.3. The Bertz CT molecular complexity index is 145. The fourth-order valence-corrected chi connectivity index (χ4v) is 0.804. The molecule has 4 heteroatoms. The molecule has 0 aromatic heterocycles. The Kier molecular flexibility index (Phi) is 3.83. The van der Waals surface area contributed by atoms with Crippen LogP contribution in [0.3, 0.4) is 0 Å². The smallest absolute Gasteiger partial charge is 0.302 e. The molecule has 11 heavy (non-hydrogen) atoms. The van der Waals surface area contributed by atoms with Gasteiger partial charge in [0, 0.05) is 6.92 Å². The largest absolute Gasteiger partial charge is 1.00 e. The minimum Gasteiger partial charge on any atom is -1.00 e. The number of rotatable bonds is 3. The molecule has 1 aliphatic heterocycles. The molecule has 0 amide bonds. The van der Waals surface area contributed by atoms with Crippen LogP contribution in [0.4, 0.5) is 0 Å². The molecule has 66 valence electrons. The van der Waals surface area contributed by atoms with Crippen LogP contribution in [0.5, 0.6) is 0 Å². The number of carbonyl (C=O) groups excluding carboxylic acids is 1. The zero-order valence-electron chi connectivity index (χ0n) is 6.97. The lowest BCUT2D eigenvalue weighted by molar-refractivity contribution is -0.777. The number of esters is 1. The van der Waals surface area contributed by atoms with Gasteiger partial charge in [0.25, 0.3) is 0 Å². The second-order valence-electron chi connectivity index (χ2n) is 3.13. The molecular weight excluding hydrogens is 166 g/mol. The van der Waals surface area contributed by atoms with E-state index in [4.69, 9.17) is 4.74 Å². The Balaban J connectivity index is 0.000001000. The summed E-state index contributed by atoms with van der Waals surface area (Å²) in [6, 6.07) is 0. The summed E-state index contributed by atoms with van der Waals surface area (Å²) in [6.07, 6.45) is 0. The molecule has 0 spiro atoms. The maximum absolute atomic E-state index is 10.3. The van der Waals surface area contributed by atoms with Crippen molar-refractivity contribution in [3.63, 3.8) is 0 Å². The summed E-state index contributed by atoms with van der Waals surface area (Å²) in [5, 5.41) is 0. The Morgan fingerprint density at radius 3 is 2.45 bits per heavy atom. The van der Waals surface area contributed by atoms with E-state index in [1.165, 1.54) is 20.0 Å². The lowest BCUT2D eigenvalue weighted by Crippen LogP contribution is -3.00. The third kappa shape index (κ3) is 4.22. The minimum atomic E-state index is -0.173. The molecule has 0 radical (unpaired) electrons. The van der Waals surface area contributed by atoms with Gasteiger partial charge in [0.15, 0.2) is 0 Å². The van der Waals surface area contributed by atoms with Crippen LogP contribution < -0.4 is 12.4 Å². The van der Waals surface area contributed by atoms with Crippen LogP contribution in [0.1, 0.15) is 6.92 Å². The number of ether oxygens (including phenoxy) is 1. The van der Waals surface area contributed by atoms with Crippen molar-refractivity contribution in [3.05, 3.63) is 0 Å². The average Bonchev–Trinajstić information content (AvgIpc) is 2.47. The summed E-state index contributed by atoms with van der Waals surface area (Å²) >= 11 is 0. The maximum atomic E-state index is 10.3. The highest BCUT2D eigenvalue weighted by molar-refractivity contribution is 5.65. The summed E-state index contributed by atoms with van der Waals surface area (Å²) in [5.41, 5.74) is 0. The van der Waals surface area contributed by atoms with Crippen molar-refractivity contribution < 1.29 is 26.4 Å². The molecule has 0 aromatic rings. The third-order valence-electron chi connectivity index (χ3n) is 1.92. The zero-order valence-corrected chi connectivity index (χ0v) is 7.73. The standard InChI is InChI=1S/C7H14NO2.ClH/c1-7(9)10-6-5-8(2)3-4-8;/h3-6H2,1-2H3;1H/q+1;/p-1. The van der Waals surface area contributed by atoms with Crippen LogP contribution >= 0.6 is 0 Å². The Morgan fingerprint density at radius 2 is 2.09 bits per heavy atom. The van der Waals surface area contributed by atoms with E-state index in [-0.39, 0.29) is 18.4 Å². The van der Waals surface area contributed by atoms with Gasteiger partial charge in [-0.3, -0.25) is 4.79 Å². The van der Waals surface area contributed by atoms with Crippen molar-refractivity contribution in [2.45, 2.75) is 6.92 Å². The maximum Gasteiger partial charge on any atom is 0.302 e. The van der Waals surface area contributed by atoms with Gasteiger partial charge in [0.2, 0.25) is 0 Å². The molecule has 0 aromatic carbocycles. The van der Waals surface area contributed by atoms with Gasteiger partial charge in [-0.15, -0.1) is 0 Å². The van der Waals surface area contributed by atoms with Crippen molar-refractivity contribution in [1.82, 2.24) is 0 Å².